The lowest BCUT2D eigenvalue weighted by Crippen LogP contribution is -2.25. The predicted octanol–water partition coefficient (Wildman–Crippen LogP) is 4.50. The molecule has 2 aromatic heterocycles. The molecule has 0 aromatic carbocycles. The van der Waals surface area contributed by atoms with Gasteiger partial charge in [-0.15, -0.1) is 0 Å². The highest BCUT2D eigenvalue weighted by Gasteiger charge is 2.24. The number of halogens is 1. The Morgan fingerprint density at radius 3 is 2.60 bits per heavy atom. The average Bonchev–Trinajstić information content (AvgIpc) is 2.96. The summed E-state index contributed by atoms with van der Waals surface area (Å²) in [5, 5.41) is 8.20. The van der Waals surface area contributed by atoms with Gasteiger partial charge in [-0.1, -0.05) is 39.3 Å². The first-order chi connectivity index (χ1) is 11.8. The molecule has 1 unspecified atom stereocenters. The smallest absolute Gasteiger partial charge is 0.437 e. The fourth-order valence-electron chi connectivity index (χ4n) is 2.32. The zero-order valence-corrected chi connectivity index (χ0v) is 16.2. The summed E-state index contributed by atoms with van der Waals surface area (Å²) in [6.07, 6.45) is 1.51. The van der Waals surface area contributed by atoms with Gasteiger partial charge in [0.2, 0.25) is 5.65 Å². The van der Waals surface area contributed by atoms with E-state index in [4.69, 9.17) is 16.3 Å². The zero-order valence-electron chi connectivity index (χ0n) is 15.5. The van der Waals surface area contributed by atoms with Crippen LogP contribution in [0.5, 0.6) is 5.75 Å². The van der Waals surface area contributed by atoms with E-state index in [1.807, 2.05) is 0 Å². The van der Waals surface area contributed by atoms with E-state index < -0.39 is 6.16 Å². The summed E-state index contributed by atoms with van der Waals surface area (Å²) >= 11 is 6.48. The van der Waals surface area contributed by atoms with E-state index in [0.29, 0.717) is 16.7 Å². The molecule has 2 heterocycles. The van der Waals surface area contributed by atoms with Gasteiger partial charge in [0.05, 0.1) is 13.3 Å². The summed E-state index contributed by atoms with van der Waals surface area (Å²) < 4.78 is 11.3. The van der Waals surface area contributed by atoms with Gasteiger partial charge in [0, 0.05) is 11.6 Å². The minimum absolute atomic E-state index is 0.193. The number of hydrogen-bond acceptors (Lipinski definition) is 6. The number of fused-ring (bicyclic) bond motifs is 1. The Kier molecular flexibility index (Phi) is 6.11. The van der Waals surface area contributed by atoms with Crippen LogP contribution < -0.4 is 10.1 Å². The normalized spacial score (nSPS) is 13.8. The third-order valence-corrected chi connectivity index (χ3v) is 4.72. The van der Waals surface area contributed by atoms with Crippen molar-refractivity contribution in [1.29, 1.82) is 0 Å². The van der Waals surface area contributed by atoms with Gasteiger partial charge < -0.3 is 14.8 Å². The van der Waals surface area contributed by atoms with E-state index >= 15 is 0 Å². The van der Waals surface area contributed by atoms with Crippen LogP contribution in [0.2, 0.25) is 5.15 Å². The van der Waals surface area contributed by atoms with Gasteiger partial charge in [0.1, 0.15) is 11.0 Å². The Bertz CT molecular complexity index is 760. The molecule has 0 aliphatic rings. The lowest BCUT2D eigenvalue weighted by molar-refractivity contribution is 0.122. The second-order valence-corrected chi connectivity index (χ2v) is 6.81. The SMILES string of the molecule is CCC(C)c1c(Cl)nc2c(OC(=O)OC)cnn2c1N[C@@H](C)C(C)C. The van der Waals surface area contributed by atoms with Crippen molar-refractivity contribution in [3.63, 3.8) is 0 Å². The number of anilines is 1. The third kappa shape index (κ3) is 3.98. The van der Waals surface area contributed by atoms with Crippen LogP contribution in [-0.4, -0.2) is 33.9 Å². The molecule has 0 bridgehead atoms. The number of nitrogens with zero attached hydrogens (tertiary/aromatic N) is 3. The van der Waals surface area contributed by atoms with E-state index in [9.17, 15) is 4.79 Å². The van der Waals surface area contributed by atoms with Gasteiger partial charge in [-0.2, -0.15) is 9.61 Å². The maximum Gasteiger partial charge on any atom is 0.513 e. The number of carbonyl (C=O) groups is 1. The minimum atomic E-state index is -0.830. The fourth-order valence-corrected chi connectivity index (χ4v) is 2.68. The molecule has 0 aliphatic heterocycles. The molecule has 0 fully saturated rings. The minimum Gasteiger partial charge on any atom is -0.437 e. The molecular formula is C17H25ClN4O3. The van der Waals surface area contributed by atoms with Crippen LogP contribution in [0, 0.1) is 5.92 Å². The monoisotopic (exact) mass is 368 g/mol. The van der Waals surface area contributed by atoms with Crippen molar-refractivity contribution in [3.05, 3.63) is 16.9 Å². The Labute approximate surface area is 152 Å². The first-order valence-electron chi connectivity index (χ1n) is 8.39. The van der Waals surface area contributed by atoms with Crippen LogP contribution in [0.25, 0.3) is 5.65 Å². The molecule has 7 nitrogen and oxygen atoms in total. The Morgan fingerprint density at radius 2 is 2.04 bits per heavy atom. The number of carbonyl (C=O) groups excluding carboxylic acids is 1. The molecule has 0 amide bonds. The molecule has 8 heteroatoms. The van der Waals surface area contributed by atoms with Gasteiger partial charge in [0.15, 0.2) is 5.75 Å². The summed E-state index contributed by atoms with van der Waals surface area (Å²) in [7, 11) is 1.24. The van der Waals surface area contributed by atoms with Crippen LogP contribution in [0.3, 0.4) is 0 Å². The highest BCUT2D eigenvalue weighted by molar-refractivity contribution is 6.30. The van der Waals surface area contributed by atoms with E-state index in [1.165, 1.54) is 13.3 Å². The van der Waals surface area contributed by atoms with Crippen molar-refractivity contribution in [2.45, 2.75) is 53.0 Å². The quantitative estimate of drug-likeness (QED) is 0.597. The summed E-state index contributed by atoms with van der Waals surface area (Å²) in [5.74, 6) is 1.57. The second-order valence-electron chi connectivity index (χ2n) is 6.45. The summed E-state index contributed by atoms with van der Waals surface area (Å²) in [4.78, 5) is 15.8. The molecule has 2 aromatic rings. The Morgan fingerprint density at radius 1 is 1.36 bits per heavy atom. The molecule has 2 rings (SSSR count). The van der Waals surface area contributed by atoms with Gasteiger partial charge in [-0.05, 0) is 25.2 Å². The van der Waals surface area contributed by atoms with Gasteiger partial charge in [-0.25, -0.2) is 9.78 Å². The molecule has 0 saturated carbocycles. The van der Waals surface area contributed by atoms with Crippen molar-refractivity contribution in [3.8, 4) is 5.75 Å². The van der Waals surface area contributed by atoms with Crippen LogP contribution in [-0.2, 0) is 4.74 Å². The number of methoxy groups -OCH3 is 1. The number of rotatable bonds is 6. The summed E-state index contributed by atoms with van der Waals surface area (Å²) in [5.41, 5.74) is 1.26. The predicted molar refractivity (Wildman–Crippen MR) is 97.7 cm³/mol. The first kappa shape index (κ1) is 19.3. The van der Waals surface area contributed by atoms with E-state index in [-0.39, 0.29) is 17.7 Å². The Hall–Kier alpha value is -2.02. The maximum atomic E-state index is 11.4. The molecule has 2 atom stereocenters. The van der Waals surface area contributed by atoms with Crippen molar-refractivity contribution in [2.24, 2.45) is 5.92 Å². The summed E-state index contributed by atoms with van der Waals surface area (Å²) in [6, 6.07) is 0.193. The highest BCUT2D eigenvalue weighted by Crippen LogP contribution is 2.35. The van der Waals surface area contributed by atoms with E-state index in [1.54, 1.807) is 4.52 Å². The number of nitrogens with one attached hydrogen (secondary N) is 1. The largest absolute Gasteiger partial charge is 0.513 e. The van der Waals surface area contributed by atoms with Gasteiger partial charge in [-0.3, -0.25) is 0 Å². The number of aromatic nitrogens is 3. The van der Waals surface area contributed by atoms with Crippen molar-refractivity contribution in [1.82, 2.24) is 14.6 Å². The lowest BCUT2D eigenvalue weighted by Gasteiger charge is -2.24. The van der Waals surface area contributed by atoms with Crippen LogP contribution >= 0.6 is 11.6 Å². The number of ether oxygens (including phenoxy) is 2. The average molecular weight is 369 g/mol. The van der Waals surface area contributed by atoms with E-state index in [0.717, 1.165) is 17.8 Å². The van der Waals surface area contributed by atoms with Crippen molar-refractivity contribution >= 4 is 29.2 Å². The fraction of sp³-hybridized carbons (Fsp3) is 0.588. The molecule has 0 spiro atoms. The topological polar surface area (TPSA) is 77.8 Å². The standard InChI is InChI=1S/C17H25ClN4O3/c1-7-10(4)13-14(18)21-15-12(25-17(23)24-6)8-19-22(15)16(13)20-11(5)9(2)3/h8-11,20H,7H2,1-6H3/t10?,11-/m0/s1. The second kappa shape index (κ2) is 7.91. The lowest BCUT2D eigenvalue weighted by atomic mass is 9.99. The molecule has 0 radical (unpaired) electrons. The van der Waals surface area contributed by atoms with Gasteiger partial charge in [0.25, 0.3) is 0 Å². The Balaban J connectivity index is 2.63. The number of hydrogen-bond donors (Lipinski definition) is 1. The van der Waals surface area contributed by atoms with Crippen LogP contribution in [0.15, 0.2) is 6.20 Å². The van der Waals surface area contributed by atoms with Gasteiger partial charge >= 0.3 is 6.16 Å². The zero-order chi connectivity index (χ0) is 18.7. The highest BCUT2D eigenvalue weighted by atomic mass is 35.5. The third-order valence-electron chi connectivity index (χ3n) is 4.43. The summed E-state index contributed by atoms with van der Waals surface area (Å²) in [6.45, 7) is 10.6. The molecule has 0 saturated heterocycles. The molecule has 1 N–H and O–H groups in total. The van der Waals surface area contributed by atoms with Crippen molar-refractivity contribution < 1.29 is 14.3 Å². The molecular weight excluding hydrogens is 344 g/mol. The first-order valence-corrected chi connectivity index (χ1v) is 8.77. The molecule has 25 heavy (non-hydrogen) atoms. The van der Waals surface area contributed by atoms with E-state index in [2.05, 4.69) is 54.8 Å². The molecule has 138 valence electrons. The van der Waals surface area contributed by atoms with Crippen LogP contribution in [0.4, 0.5) is 10.6 Å². The van der Waals surface area contributed by atoms with Crippen molar-refractivity contribution in [2.75, 3.05) is 12.4 Å². The van der Waals surface area contributed by atoms with Crippen LogP contribution in [0.1, 0.15) is 52.5 Å². The maximum absolute atomic E-state index is 11.4. The molecule has 0 aliphatic carbocycles.